The van der Waals surface area contributed by atoms with E-state index in [1.807, 2.05) is 78.9 Å². The maximum Gasteiger partial charge on any atom is 0.303 e. The van der Waals surface area contributed by atoms with Gasteiger partial charge in [-0.25, -0.2) is 0 Å². The van der Waals surface area contributed by atoms with Crippen LogP contribution in [0.3, 0.4) is 0 Å². The van der Waals surface area contributed by atoms with E-state index in [4.69, 9.17) is 37.9 Å². The van der Waals surface area contributed by atoms with Gasteiger partial charge in [0.2, 0.25) is 0 Å². The van der Waals surface area contributed by atoms with E-state index in [2.05, 4.69) is 0 Å². The summed E-state index contributed by atoms with van der Waals surface area (Å²) in [6.07, 6.45) is -1.08. The molecule has 2 unspecified atom stereocenters. The Morgan fingerprint density at radius 1 is 0.500 bits per heavy atom. The van der Waals surface area contributed by atoms with Crippen molar-refractivity contribution in [3.63, 3.8) is 0 Å². The average molecular weight is 583 g/mol. The molecule has 0 amide bonds. The molecule has 0 heterocycles. The molecule has 2 atom stereocenters. The molecule has 3 aromatic rings. The van der Waals surface area contributed by atoms with Crippen molar-refractivity contribution in [3.8, 4) is 23.0 Å². The number of hydrogen-bond acceptors (Lipinski definition) is 10. The summed E-state index contributed by atoms with van der Waals surface area (Å²) in [5.41, 5.74) is 0. The summed E-state index contributed by atoms with van der Waals surface area (Å²) < 4.78 is 44.7. The third kappa shape index (κ3) is 13.9. The topological polar surface area (TPSA) is 108 Å². The summed E-state index contributed by atoms with van der Waals surface area (Å²) in [5, 5.41) is 0. The van der Waals surface area contributed by atoms with Gasteiger partial charge in [-0.1, -0.05) is 42.5 Å². The first-order valence-corrected chi connectivity index (χ1v) is 13.7. The predicted octanol–water partition coefficient (Wildman–Crippen LogP) is 4.50. The van der Waals surface area contributed by atoms with Crippen LogP contribution in [-0.4, -0.2) is 77.0 Å². The van der Waals surface area contributed by atoms with Gasteiger partial charge in [0.15, 0.2) is 12.2 Å². The Balaban J connectivity index is 1.31. The van der Waals surface area contributed by atoms with E-state index in [1.165, 1.54) is 13.8 Å². The lowest BCUT2D eigenvalue weighted by Gasteiger charge is -2.18. The highest BCUT2D eigenvalue weighted by molar-refractivity contribution is 5.66. The fourth-order valence-corrected chi connectivity index (χ4v) is 3.63. The van der Waals surface area contributed by atoms with Crippen molar-refractivity contribution >= 4 is 11.9 Å². The van der Waals surface area contributed by atoms with E-state index < -0.39 is 24.1 Å². The fraction of sp³-hybridized carbons (Fsp3) is 0.375. The lowest BCUT2D eigenvalue weighted by molar-refractivity contribution is -0.152. The number of carbonyl (C=O) groups excluding carboxylic acids is 2. The molecule has 0 spiro atoms. The molecule has 3 aromatic carbocycles. The molecule has 0 aliphatic carbocycles. The molecule has 0 radical (unpaired) electrons. The maximum absolute atomic E-state index is 11.4. The van der Waals surface area contributed by atoms with Crippen LogP contribution < -0.4 is 18.9 Å². The molecular weight excluding hydrogens is 544 g/mol. The summed E-state index contributed by atoms with van der Waals surface area (Å²) in [4.78, 5) is 22.9. The minimum Gasteiger partial charge on any atom is -0.491 e. The number of hydrogen-bond donors (Lipinski definition) is 0. The molecule has 0 fully saturated rings. The summed E-state index contributed by atoms with van der Waals surface area (Å²) in [7, 11) is 0. The first kappa shape index (κ1) is 32.2. The molecule has 0 saturated heterocycles. The normalized spacial score (nSPS) is 12.0. The summed E-state index contributed by atoms with van der Waals surface area (Å²) in [6.45, 7) is 4.58. The van der Waals surface area contributed by atoms with Crippen molar-refractivity contribution in [3.05, 3.63) is 84.9 Å². The molecule has 0 aliphatic rings. The number of esters is 2. The minimum absolute atomic E-state index is 0.176. The Kier molecular flexibility index (Phi) is 14.5. The number of rotatable bonds is 20. The molecule has 0 bridgehead atoms. The first-order chi connectivity index (χ1) is 20.5. The highest BCUT2D eigenvalue weighted by Gasteiger charge is 2.15. The van der Waals surface area contributed by atoms with Crippen LogP contribution >= 0.6 is 0 Å². The van der Waals surface area contributed by atoms with E-state index in [-0.39, 0.29) is 26.4 Å². The van der Waals surface area contributed by atoms with E-state index >= 15 is 0 Å². The van der Waals surface area contributed by atoms with Crippen molar-refractivity contribution in [1.29, 1.82) is 0 Å². The summed E-state index contributed by atoms with van der Waals surface area (Å²) in [5.74, 6) is 1.81. The minimum atomic E-state index is -0.539. The Morgan fingerprint density at radius 3 is 1.31 bits per heavy atom. The van der Waals surface area contributed by atoms with Gasteiger partial charge in [0.05, 0.1) is 26.4 Å². The van der Waals surface area contributed by atoms with Gasteiger partial charge in [0, 0.05) is 19.9 Å². The SMILES string of the molecule is CC(=O)OC(COCCOc1cccc(OCCOCC(COc2ccccc2)OC(C)=O)c1)COc1ccccc1. The molecule has 226 valence electrons. The fourth-order valence-electron chi connectivity index (χ4n) is 3.63. The van der Waals surface area contributed by atoms with Gasteiger partial charge in [0.1, 0.15) is 49.4 Å². The van der Waals surface area contributed by atoms with Crippen molar-refractivity contribution in [1.82, 2.24) is 0 Å². The summed E-state index contributed by atoms with van der Waals surface area (Å²) >= 11 is 0. The van der Waals surface area contributed by atoms with Crippen LogP contribution in [0.5, 0.6) is 23.0 Å². The largest absolute Gasteiger partial charge is 0.491 e. The van der Waals surface area contributed by atoms with E-state index in [0.29, 0.717) is 49.4 Å². The highest BCUT2D eigenvalue weighted by atomic mass is 16.6. The van der Waals surface area contributed by atoms with Crippen molar-refractivity contribution < 1.29 is 47.5 Å². The van der Waals surface area contributed by atoms with E-state index in [9.17, 15) is 9.59 Å². The number of ether oxygens (including phenoxy) is 8. The van der Waals surface area contributed by atoms with Gasteiger partial charge in [-0.15, -0.1) is 0 Å². The van der Waals surface area contributed by atoms with Crippen molar-refractivity contribution in [2.24, 2.45) is 0 Å². The Labute approximate surface area is 246 Å². The molecule has 10 nitrogen and oxygen atoms in total. The summed E-state index contributed by atoms with van der Waals surface area (Å²) in [6, 6.07) is 25.8. The van der Waals surface area contributed by atoms with E-state index in [0.717, 1.165) is 0 Å². The lowest BCUT2D eigenvalue weighted by atomic mass is 10.3. The lowest BCUT2D eigenvalue weighted by Crippen LogP contribution is -2.29. The monoisotopic (exact) mass is 582 g/mol. The van der Waals surface area contributed by atoms with Crippen LogP contribution in [0, 0.1) is 0 Å². The maximum atomic E-state index is 11.4. The zero-order chi connectivity index (χ0) is 29.8. The van der Waals surface area contributed by atoms with Gasteiger partial charge in [-0.3, -0.25) is 9.59 Å². The van der Waals surface area contributed by atoms with Gasteiger partial charge in [0.25, 0.3) is 0 Å². The average Bonchev–Trinajstić information content (AvgIpc) is 2.99. The molecule has 10 heteroatoms. The quantitative estimate of drug-likeness (QED) is 0.140. The number of para-hydroxylation sites is 2. The highest BCUT2D eigenvalue weighted by Crippen LogP contribution is 2.19. The molecule has 0 saturated carbocycles. The van der Waals surface area contributed by atoms with Crippen molar-refractivity contribution in [2.75, 3.05) is 52.9 Å². The molecule has 42 heavy (non-hydrogen) atoms. The zero-order valence-corrected chi connectivity index (χ0v) is 24.0. The second-order valence-corrected chi connectivity index (χ2v) is 9.03. The predicted molar refractivity (Wildman–Crippen MR) is 154 cm³/mol. The standard InChI is InChI=1S/C32H38O10/c1-25(33)41-31(23-39-27-10-5-3-6-11-27)21-35-16-18-37-29-14-9-15-30(20-29)38-19-17-36-22-32(42-26(2)34)24-40-28-12-7-4-8-13-28/h3-15,20,31-32H,16-19,21-24H2,1-2H3. The van der Waals surface area contributed by atoms with Crippen LogP contribution in [0.1, 0.15) is 13.8 Å². The van der Waals surface area contributed by atoms with Gasteiger partial charge in [-0.2, -0.15) is 0 Å². The Morgan fingerprint density at radius 2 is 0.905 bits per heavy atom. The van der Waals surface area contributed by atoms with Gasteiger partial charge in [-0.05, 0) is 36.4 Å². The number of benzene rings is 3. The smallest absolute Gasteiger partial charge is 0.303 e. The Bertz CT molecular complexity index is 1080. The first-order valence-electron chi connectivity index (χ1n) is 13.7. The van der Waals surface area contributed by atoms with E-state index in [1.54, 1.807) is 6.07 Å². The van der Waals surface area contributed by atoms with Crippen LogP contribution in [0.4, 0.5) is 0 Å². The van der Waals surface area contributed by atoms with Crippen LogP contribution in [-0.2, 0) is 28.5 Å². The third-order valence-electron chi connectivity index (χ3n) is 5.43. The van der Waals surface area contributed by atoms with Gasteiger partial charge < -0.3 is 37.9 Å². The van der Waals surface area contributed by atoms with Crippen LogP contribution in [0.2, 0.25) is 0 Å². The van der Waals surface area contributed by atoms with Crippen LogP contribution in [0.15, 0.2) is 84.9 Å². The zero-order valence-electron chi connectivity index (χ0n) is 24.0. The second-order valence-electron chi connectivity index (χ2n) is 9.03. The third-order valence-corrected chi connectivity index (χ3v) is 5.43. The molecule has 3 rings (SSSR count). The molecular formula is C32H38O10. The second kappa shape index (κ2) is 19.0. The Hall–Kier alpha value is -4.28. The van der Waals surface area contributed by atoms with Crippen LogP contribution in [0.25, 0.3) is 0 Å². The molecule has 0 N–H and O–H groups in total. The molecule has 0 aliphatic heterocycles. The number of carbonyl (C=O) groups is 2. The van der Waals surface area contributed by atoms with Gasteiger partial charge >= 0.3 is 11.9 Å². The molecule has 0 aromatic heterocycles. The van der Waals surface area contributed by atoms with Crippen molar-refractivity contribution in [2.45, 2.75) is 26.1 Å².